The smallest absolute Gasteiger partial charge is 0.254 e. The minimum Gasteiger partial charge on any atom is -0.398 e. The summed E-state index contributed by atoms with van der Waals surface area (Å²) in [5.74, 6) is -0.577. The van der Waals surface area contributed by atoms with E-state index in [1.54, 1.807) is 17.9 Å². The van der Waals surface area contributed by atoms with Crippen molar-refractivity contribution in [2.24, 2.45) is 0 Å². The maximum atomic E-state index is 13.7. The SMILES string of the molecule is CCCCCN(C(=O)c1cc(N)c(C)c(F)c1)C(C)C. The fourth-order valence-corrected chi connectivity index (χ4v) is 2.12. The van der Waals surface area contributed by atoms with Crippen molar-refractivity contribution in [3.8, 4) is 0 Å². The number of amides is 1. The van der Waals surface area contributed by atoms with Crippen LogP contribution in [0.1, 0.15) is 56.0 Å². The fraction of sp³-hybridized carbons (Fsp3) is 0.562. The zero-order valence-corrected chi connectivity index (χ0v) is 12.9. The molecular formula is C16H25FN2O. The molecule has 0 radical (unpaired) electrons. The number of benzene rings is 1. The Morgan fingerprint density at radius 1 is 1.35 bits per heavy atom. The second-order valence-corrected chi connectivity index (χ2v) is 5.47. The summed E-state index contributed by atoms with van der Waals surface area (Å²) in [4.78, 5) is 14.3. The monoisotopic (exact) mass is 280 g/mol. The molecule has 0 aliphatic carbocycles. The Morgan fingerprint density at radius 3 is 2.50 bits per heavy atom. The van der Waals surface area contributed by atoms with Gasteiger partial charge in [-0.3, -0.25) is 4.79 Å². The molecule has 2 N–H and O–H groups in total. The van der Waals surface area contributed by atoms with Crippen LogP contribution < -0.4 is 5.73 Å². The zero-order valence-electron chi connectivity index (χ0n) is 12.9. The van der Waals surface area contributed by atoms with Crippen molar-refractivity contribution < 1.29 is 9.18 Å². The first-order valence-corrected chi connectivity index (χ1v) is 7.25. The van der Waals surface area contributed by atoms with Gasteiger partial charge in [0.05, 0.1) is 0 Å². The number of hydrogen-bond acceptors (Lipinski definition) is 2. The molecule has 0 spiro atoms. The van der Waals surface area contributed by atoms with E-state index in [-0.39, 0.29) is 11.9 Å². The molecule has 4 heteroatoms. The standard InChI is InChI=1S/C16H25FN2O/c1-5-6-7-8-19(11(2)3)16(20)13-9-14(17)12(4)15(18)10-13/h9-11H,5-8,18H2,1-4H3. The van der Waals surface area contributed by atoms with E-state index in [0.717, 1.165) is 19.3 Å². The number of nitrogens with two attached hydrogens (primary N) is 1. The minimum atomic E-state index is -0.425. The van der Waals surface area contributed by atoms with Crippen LogP contribution in [0.3, 0.4) is 0 Å². The molecule has 0 unspecified atom stereocenters. The van der Waals surface area contributed by atoms with E-state index in [1.807, 2.05) is 13.8 Å². The molecule has 0 atom stereocenters. The first kappa shape index (κ1) is 16.5. The maximum absolute atomic E-state index is 13.7. The summed E-state index contributed by atoms with van der Waals surface area (Å²) in [6.07, 6.45) is 3.15. The number of carbonyl (C=O) groups is 1. The van der Waals surface area contributed by atoms with Crippen LogP contribution in [0.4, 0.5) is 10.1 Å². The summed E-state index contributed by atoms with van der Waals surface area (Å²) in [6.45, 7) is 8.37. The van der Waals surface area contributed by atoms with E-state index >= 15 is 0 Å². The van der Waals surface area contributed by atoms with Crippen LogP contribution >= 0.6 is 0 Å². The Morgan fingerprint density at radius 2 is 2.00 bits per heavy atom. The van der Waals surface area contributed by atoms with Crippen molar-refractivity contribution in [1.29, 1.82) is 0 Å². The molecule has 0 fully saturated rings. The van der Waals surface area contributed by atoms with Gasteiger partial charge in [0.15, 0.2) is 0 Å². The Bertz CT molecular complexity index is 449. The van der Waals surface area contributed by atoms with Gasteiger partial charge in [0.2, 0.25) is 0 Å². The second kappa shape index (κ2) is 7.27. The third-order valence-electron chi connectivity index (χ3n) is 3.52. The van der Waals surface area contributed by atoms with Crippen molar-refractivity contribution in [3.63, 3.8) is 0 Å². The number of anilines is 1. The van der Waals surface area contributed by atoms with Gasteiger partial charge < -0.3 is 10.6 Å². The van der Waals surface area contributed by atoms with Gasteiger partial charge in [0, 0.05) is 29.4 Å². The number of halogens is 1. The molecule has 0 aromatic heterocycles. The maximum Gasteiger partial charge on any atom is 0.254 e. The van der Waals surface area contributed by atoms with E-state index < -0.39 is 5.82 Å². The molecule has 0 bridgehead atoms. The number of hydrogen-bond donors (Lipinski definition) is 1. The largest absolute Gasteiger partial charge is 0.398 e. The lowest BCUT2D eigenvalue weighted by Crippen LogP contribution is -2.37. The molecule has 0 aliphatic rings. The Kier molecular flexibility index (Phi) is 5.99. The number of rotatable bonds is 6. The number of unbranched alkanes of at least 4 members (excludes halogenated alkanes) is 2. The van der Waals surface area contributed by atoms with Crippen molar-refractivity contribution in [1.82, 2.24) is 4.90 Å². The van der Waals surface area contributed by atoms with E-state index in [0.29, 0.717) is 23.4 Å². The highest BCUT2D eigenvalue weighted by molar-refractivity contribution is 5.95. The van der Waals surface area contributed by atoms with E-state index in [1.165, 1.54) is 6.07 Å². The second-order valence-electron chi connectivity index (χ2n) is 5.47. The predicted molar refractivity (Wildman–Crippen MR) is 81.2 cm³/mol. The molecule has 1 amide bonds. The lowest BCUT2D eigenvalue weighted by atomic mass is 10.1. The normalized spacial score (nSPS) is 10.9. The fourth-order valence-electron chi connectivity index (χ4n) is 2.12. The molecule has 1 aromatic carbocycles. The quantitative estimate of drug-likeness (QED) is 0.637. The van der Waals surface area contributed by atoms with Gasteiger partial charge in [-0.1, -0.05) is 19.8 Å². The molecule has 0 heterocycles. The molecule has 0 saturated heterocycles. The molecule has 1 rings (SSSR count). The topological polar surface area (TPSA) is 46.3 Å². The van der Waals surface area contributed by atoms with Gasteiger partial charge in [-0.25, -0.2) is 4.39 Å². The third kappa shape index (κ3) is 3.95. The molecule has 1 aromatic rings. The summed E-state index contributed by atoms with van der Waals surface area (Å²) >= 11 is 0. The highest BCUT2D eigenvalue weighted by atomic mass is 19.1. The van der Waals surface area contributed by atoms with Crippen molar-refractivity contribution >= 4 is 11.6 Å². The summed E-state index contributed by atoms with van der Waals surface area (Å²) < 4.78 is 13.7. The van der Waals surface area contributed by atoms with Crippen LogP contribution in [0.5, 0.6) is 0 Å². The average molecular weight is 280 g/mol. The van der Waals surface area contributed by atoms with Crippen LogP contribution in [0.25, 0.3) is 0 Å². The number of nitrogen functional groups attached to an aromatic ring is 1. The average Bonchev–Trinajstić information content (AvgIpc) is 2.39. The highest BCUT2D eigenvalue weighted by Crippen LogP contribution is 2.20. The first-order valence-electron chi connectivity index (χ1n) is 7.25. The van der Waals surface area contributed by atoms with Crippen molar-refractivity contribution in [2.45, 2.75) is 53.0 Å². The molecule has 0 saturated carbocycles. The number of carbonyl (C=O) groups excluding carboxylic acids is 1. The van der Waals surface area contributed by atoms with Crippen LogP contribution in [0, 0.1) is 12.7 Å². The first-order chi connectivity index (χ1) is 9.38. The Hall–Kier alpha value is -1.58. The van der Waals surface area contributed by atoms with Crippen LogP contribution in [-0.4, -0.2) is 23.4 Å². The van der Waals surface area contributed by atoms with E-state index in [9.17, 15) is 9.18 Å². The summed E-state index contributed by atoms with van der Waals surface area (Å²) in [5.41, 5.74) is 6.79. The third-order valence-corrected chi connectivity index (χ3v) is 3.52. The lowest BCUT2D eigenvalue weighted by molar-refractivity contribution is 0.0702. The molecule has 3 nitrogen and oxygen atoms in total. The van der Waals surface area contributed by atoms with Gasteiger partial charge in [-0.2, -0.15) is 0 Å². The van der Waals surface area contributed by atoms with E-state index in [4.69, 9.17) is 5.73 Å². The minimum absolute atomic E-state index is 0.0879. The zero-order chi connectivity index (χ0) is 15.3. The van der Waals surface area contributed by atoms with Gasteiger partial charge in [0.25, 0.3) is 5.91 Å². The molecule has 112 valence electrons. The summed E-state index contributed by atoms with van der Waals surface area (Å²) in [5, 5.41) is 0. The van der Waals surface area contributed by atoms with E-state index in [2.05, 4.69) is 6.92 Å². The lowest BCUT2D eigenvalue weighted by Gasteiger charge is -2.27. The van der Waals surface area contributed by atoms with Crippen LogP contribution in [-0.2, 0) is 0 Å². The molecule has 0 aliphatic heterocycles. The van der Waals surface area contributed by atoms with Crippen LogP contribution in [0.2, 0.25) is 0 Å². The predicted octanol–water partition coefficient (Wildman–Crippen LogP) is 3.76. The summed E-state index contributed by atoms with van der Waals surface area (Å²) in [6, 6.07) is 2.93. The van der Waals surface area contributed by atoms with Crippen molar-refractivity contribution in [2.75, 3.05) is 12.3 Å². The van der Waals surface area contributed by atoms with Crippen molar-refractivity contribution in [3.05, 3.63) is 29.1 Å². The van der Waals surface area contributed by atoms with Gasteiger partial charge in [-0.15, -0.1) is 0 Å². The Labute approximate surface area is 121 Å². The molecular weight excluding hydrogens is 255 g/mol. The van der Waals surface area contributed by atoms with Crippen LogP contribution in [0.15, 0.2) is 12.1 Å². The number of nitrogens with zero attached hydrogens (tertiary/aromatic N) is 1. The summed E-state index contributed by atoms with van der Waals surface area (Å²) in [7, 11) is 0. The van der Waals surface area contributed by atoms with Gasteiger partial charge in [0.1, 0.15) is 5.82 Å². The highest BCUT2D eigenvalue weighted by Gasteiger charge is 2.20. The Balaban J connectivity index is 2.94. The van der Waals surface area contributed by atoms with Gasteiger partial charge >= 0.3 is 0 Å². The molecule has 20 heavy (non-hydrogen) atoms. The van der Waals surface area contributed by atoms with Gasteiger partial charge in [-0.05, 0) is 39.3 Å².